The number of aromatic nitrogens is 1. The van der Waals surface area contributed by atoms with Crippen molar-refractivity contribution in [2.75, 3.05) is 0 Å². The Morgan fingerprint density at radius 1 is 0.426 bits per heavy atom. The Bertz CT molecular complexity index is 2580. The molecule has 7 aromatic carbocycles. The van der Waals surface area contributed by atoms with Gasteiger partial charge in [0.25, 0.3) is 0 Å². The maximum Gasteiger partial charge on any atom is 0.171 e. The SMILES string of the molecule is O=P(c1ccccc1)(c1ccccc1)c1ccc(-c2ccc(-c3nc4ccccc4c4c3ccc3c5ccccc5oc34)cc2)cc1. The lowest BCUT2D eigenvalue weighted by atomic mass is 9.96. The fourth-order valence-electron chi connectivity index (χ4n) is 6.84. The smallest absolute Gasteiger partial charge is 0.171 e. The van der Waals surface area contributed by atoms with Crippen molar-refractivity contribution in [1.29, 1.82) is 0 Å². The third-order valence-corrected chi connectivity index (χ3v) is 12.2. The van der Waals surface area contributed by atoms with E-state index in [0.717, 1.165) is 81.9 Å². The molecule has 0 saturated heterocycles. The molecule has 0 bridgehead atoms. The predicted molar refractivity (Wildman–Crippen MR) is 197 cm³/mol. The molecule has 2 aromatic heterocycles. The van der Waals surface area contributed by atoms with E-state index in [9.17, 15) is 4.57 Å². The van der Waals surface area contributed by atoms with Gasteiger partial charge in [-0.05, 0) is 29.3 Å². The third kappa shape index (κ3) is 4.43. The molecule has 0 fully saturated rings. The molecule has 0 aliphatic carbocycles. The minimum atomic E-state index is -3.02. The van der Waals surface area contributed by atoms with Crippen molar-refractivity contribution < 1.29 is 8.98 Å². The molecule has 0 aliphatic rings. The summed E-state index contributed by atoms with van der Waals surface area (Å²) in [4.78, 5) is 5.16. The molecule has 2 heterocycles. The molecule has 0 N–H and O–H groups in total. The predicted octanol–water partition coefficient (Wildman–Crippen LogP) is 10.3. The molecular formula is C43H28NO2P. The third-order valence-electron chi connectivity index (χ3n) is 9.17. The van der Waals surface area contributed by atoms with Gasteiger partial charge >= 0.3 is 0 Å². The molecule has 47 heavy (non-hydrogen) atoms. The molecular weight excluding hydrogens is 593 g/mol. The molecule has 0 unspecified atom stereocenters. The van der Waals surface area contributed by atoms with Crippen LogP contribution in [0.25, 0.3) is 66.0 Å². The summed E-state index contributed by atoms with van der Waals surface area (Å²) in [6.45, 7) is 0. The Labute approximate surface area is 272 Å². The van der Waals surface area contributed by atoms with Gasteiger partial charge in [-0.25, -0.2) is 4.98 Å². The van der Waals surface area contributed by atoms with E-state index < -0.39 is 7.14 Å². The lowest BCUT2D eigenvalue weighted by molar-refractivity contribution is 0.592. The van der Waals surface area contributed by atoms with E-state index in [1.165, 1.54) is 0 Å². The van der Waals surface area contributed by atoms with E-state index in [1.54, 1.807) is 0 Å². The quantitative estimate of drug-likeness (QED) is 0.142. The highest BCUT2D eigenvalue weighted by molar-refractivity contribution is 7.85. The van der Waals surface area contributed by atoms with Gasteiger partial charge in [0, 0.05) is 48.4 Å². The van der Waals surface area contributed by atoms with Crippen molar-refractivity contribution in [1.82, 2.24) is 4.98 Å². The molecule has 0 amide bonds. The van der Waals surface area contributed by atoms with Gasteiger partial charge in [0.15, 0.2) is 7.14 Å². The monoisotopic (exact) mass is 621 g/mol. The summed E-state index contributed by atoms with van der Waals surface area (Å²) in [5.74, 6) is 0. The number of para-hydroxylation sites is 2. The molecule has 0 atom stereocenters. The minimum absolute atomic E-state index is 0.819. The van der Waals surface area contributed by atoms with E-state index in [0.29, 0.717) is 0 Å². The first-order chi connectivity index (χ1) is 23.2. The van der Waals surface area contributed by atoms with Crippen molar-refractivity contribution in [3.05, 3.63) is 170 Å². The van der Waals surface area contributed by atoms with Crippen molar-refractivity contribution in [3.8, 4) is 22.4 Å². The van der Waals surface area contributed by atoms with Gasteiger partial charge < -0.3 is 8.98 Å². The zero-order valence-corrected chi connectivity index (χ0v) is 26.3. The number of benzene rings is 7. The van der Waals surface area contributed by atoms with Crippen molar-refractivity contribution in [3.63, 3.8) is 0 Å². The van der Waals surface area contributed by atoms with Crippen LogP contribution >= 0.6 is 7.14 Å². The number of rotatable bonds is 5. The lowest BCUT2D eigenvalue weighted by Crippen LogP contribution is -2.24. The van der Waals surface area contributed by atoms with E-state index in [2.05, 4.69) is 78.9 Å². The second kappa shape index (κ2) is 10.9. The van der Waals surface area contributed by atoms with Crippen LogP contribution in [0.1, 0.15) is 0 Å². The number of fused-ring (bicyclic) bond motifs is 7. The molecule has 222 valence electrons. The van der Waals surface area contributed by atoms with E-state index in [-0.39, 0.29) is 0 Å². The Hall–Kier alpha value is -5.76. The highest BCUT2D eigenvalue weighted by Crippen LogP contribution is 2.43. The van der Waals surface area contributed by atoms with Crippen LogP contribution in [0.2, 0.25) is 0 Å². The summed E-state index contributed by atoms with van der Waals surface area (Å²) >= 11 is 0. The largest absolute Gasteiger partial charge is 0.455 e. The summed E-state index contributed by atoms with van der Waals surface area (Å²) in [5, 5.41) is 7.93. The van der Waals surface area contributed by atoms with Gasteiger partial charge in [-0.2, -0.15) is 0 Å². The highest BCUT2D eigenvalue weighted by Gasteiger charge is 2.29. The zero-order chi connectivity index (χ0) is 31.4. The molecule has 9 rings (SSSR count). The van der Waals surface area contributed by atoms with Crippen LogP contribution < -0.4 is 15.9 Å². The van der Waals surface area contributed by atoms with Crippen LogP contribution in [0.3, 0.4) is 0 Å². The Morgan fingerprint density at radius 3 is 1.62 bits per heavy atom. The number of nitrogens with zero attached hydrogens (tertiary/aromatic N) is 1. The average Bonchev–Trinajstić information content (AvgIpc) is 3.54. The molecule has 0 radical (unpaired) electrons. The molecule has 9 aromatic rings. The number of hydrogen-bond acceptors (Lipinski definition) is 3. The number of pyridine rings is 1. The van der Waals surface area contributed by atoms with E-state index in [4.69, 9.17) is 9.40 Å². The second-order valence-electron chi connectivity index (χ2n) is 11.8. The zero-order valence-electron chi connectivity index (χ0n) is 25.4. The average molecular weight is 622 g/mol. The first kappa shape index (κ1) is 27.5. The summed E-state index contributed by atoms with van der Waals surface area (Å²) in [6.07, 6.45) is 0. The number of hydrogen-bond donors (Lipinski definition) is 0. The van der Waals surface area contributed by atoms with Crippen LogP contribution in [-0.4, -0.2) is 4.98 Å². The maximum atomic E-state index is 14.8. The summed E-state index contributed by atoms with van der Waals surface area (Å²) < 4.78 is 21.3. The van der Waals surface area contributed by atoms with E-state index >= 15 is 0 Å². The van der Waals surface area contributed by atoms with Crippen LogP contribution in [0.15, 0.2) is 174 Å². The van der Waals surface area contributed by atoms with Crippen molar-refractivity contribution >= 4 is 66.7 Å². The lowest BCUT2D eigenvalue weighted by Gasteiger charge is -2.20. The molecule has 3 nitrogen and oxygen atoms in total. The Balaban J connectivity index is 1.13. The summed E-state index contributed by atoms with van der Waals surface area (Å²) in [6, 6.07) is 57.1. The Morgan fingerprint density at radius 2 is 0.936 bits per heavy atom. The fourth-order valence-corrected chi connectivity index (χ4v) is 9.49. The first-order valence-corrected chi connectivity index (χ1v) is 17.4. The molecule has 0 saturated carbocycles. The topological polar surface area (TPSA) is 43.1 Å². The van der Waals surface area contributed by atoms with Crippen LogP contribution in [0, 0.1) is 0 Å². The highest BCUT2D eigenvalue weighted by atomic mass is 31.2. The first-order valence-electron chi connectivity index (χ1n) is 15.7. The standard InChI is InChI=1S/C43H28NO2P/c45-47(32-11-3-1-4-12-32,33-13-5-2-6-14-33)34-25-23-30(24-26-34)29-19-21-31(22-20-29)42-38-28-27-36-35-15-8-10-18-40(35)46-43(36)41(38)37-16-7-9-17-39(37)44-42/h1-28H. The van der Waals surface area contributed by atoms with Crippen molar-refractivity contribution in [2.45, 2.75) is 0 Å². The molecule has 4 heteroatoms. The van der Waals surface area contributed by atoms with Gasteiger partial charge in [-0.1, -0.05) is 152 Å². The minimum Gasteiger partial charge on any atom is -0.455 e. The van der Waals surface area contributed by atoms with Crippen molar-refractivity contribution in [2.24, 2.45) is 0 Å². The van der Waals surface area contributed by atoms with Gasteiger partial charge in [-0.3, -0.25) is 0 Å². The maximum absolute atomic E-state index is 14.8. The fraction of sp³-hybridized carbons (Fsp3) is 0. The molecule has 0 aliphatic heterocycles. The number of furan rings is 1. The normalized spacial score (nSPS) is 11.9. The Kier molecular flexibility index (Phi) is 6.41. The van der Waals surface area contributed by atoms with Crippen LogP contribution in [0.5, 0.6) is 0 Å². The molecule has 0 spiro atoms. The van der Waals surface area contributed by atoms with Crippen LogP contribution in [0.4, 0.5) is 0 Å². The van der Waals surface area contributed by atoms with Gasteiger partial charge in [-0.15, -0.1) is 0 Å². The van der Waals surface area contributed by atoms with Gasteiger partial charge in [0.1, 0.15) is 11.2 Å². The summed E-state index contributed by atoms with van der Waals surface area (Å²) in [5.41, 5.74) is 6.82. The van der Waals surface area contributed by atoms with Gasteiger partial charge in [0.05, 0.1) is 11.2 Å². The van der Waals surface area contributed by atoms with Crippen LogP contribution in [-0.2, 0) is 4.57 Å². The second-order valence-corrected chi connectivity index (χ2v) is 14.6. The summed E-state index contributed by atoms with van der Waals surface area (Å²) in [7, 11) is -3.02. The van der Waals surface area contributed by atoms with Gasteiger partial charge in [0.2, 0.25) is 0 Å². The van der Waals surface area contributed by atoms with E-state index in [1.807, 2.05) is 91.0 Å².